The number of piperidine rings is 1. The molecule has 8 heteroatoms. The first kappa shape index (κ1) is 26.6. The van der Waals surface area contributed by atoms with Crippen LogP contribution in [0.2, 0.25) is 0 Å². The van der Waals surface area contributed by atoms with Crippen LogP contribution >= 0.6 is 0 Å². The van der Waals surface area contributed by atoms with Crippen LogP contribution in [0.1, 0.15) is 66.7 Å². The molecule has 2 aromatic carbocycles. The fourth-order valence-electron chi connectivity index (χ4n) is 5.02. The van der Waals surface area contributed by atoms with Gasteiger partial charge in [0.2, 0.25) is 5.91 Å². The van der Waals surface area contributed by atoms with E-state index >= 15 is 0 Å². The fraction of sp³-hybridized carbons (Fsp3) is 0.483. The molecule has 0 spiro atoms. The molecule has 7 nitrogen and oxygen atoms in total. The maximum absolute atomic E-state index is 13.7. The standard InChI is InChI=1S/C29H37FN4O3/c1-21(2)19-27(35)33-16-6-15-32(17-18-33)26-12-11-24(31-28(36)22-7-9-23(30)10-8-22)20-25(26)29(37)34-13-4-3-5-14-34/h7-12,20-21H,3-6,13-19H2,1-2H3,(H,31,36). The number of likely N-dealkylation sites (tertiary alicyclic amines) is 1. The zero-order valence-electron chi connectivity index (χ0n) is 21.8. The van der Waals surface area contributed by atoms with E-state index in [0.29, 0.717) is 48.8 Å². The van der Waals surface area contributed by atoms with Gasteiger partial charge in [0.25, 0.3) is 11.8 Å². The van der Waals surface area contributed by atoms with Gasteiger partial charge in [-0.05, 0) is 74.1 Å². The van der Waals surface area contributed by atoms with E-state index in [9.17, 15) is 18.8 Å². The molecule has 198 valence electrons. The predicted molar refractivity (Wildman–Crippen MR) is 143 cm³/mol. The second kappa shape index (κ2) is 12.2. The van der Waals surface area contributed by atoms with Gasteiger partial charge in [0.05, 0.1) is 5.56 Å². The Balaban J connectivity index is 1.57. The van der Waals surface area contributed by atoms with E-state index < -0.39 is 5.82 Å². The number of hydrogen-bond acceptors (Lipinski definition) is 4. The maximum atomic E-state index is 13.7. The van der Waals surface area contributed by atoms with E-state index in [1.165, 1.54) is 24.3 Å². The van der Waals surface area contributed by atoms with Crippen molar-refractivity contribution in [2.75, 3.05) is 49.5 Å². The first-order chi connectivity index (χ1) is 17.8. The Kier molecular flexibility index (Phi) is 8.79. The molecule has 2 aromatic rings. The average Bonchev–Trinajstić information content (AvgIpc) is 3.15. The molecule has 37 heavy (non-hydrogen) atoms. The largest absolute Gasteiger partial charge is 0.369 e. The summed E-state index contributed by atoms with van der Waals surface area (Å²) in [6.07, 6.45) is 4.46. The quantitative estimate of drug-likeness (QED) is 0.609. The second-order valence-electron chi connectivity index (χ2n) is 10.4. The molecule has 4 rings (SSSR count). The summed E-state index contributed by atoms with van der Waals surface area (Å²) in [5, 5.41) is 2.85. The van der Waals surface area contributed by atoms with Gasteiger partial charge in [-0.3, -0.25) is 14.4 Å². The molecule has 0 saturated carbocycles. The Hall–Kier alpha value is -3.42. The molecule has 3 amide bonds. The van der Waals surface area contributed by atoms with Crippen molar-refractivity contribution >= 4 is 29.1 Å². The Labute approximate surface area is 218 Å². The van der Waals surface area contributed by atoms with Crippen molar-refractivity contribution in [2.45, 2.75) is 46.0 Å². The molecule has 2 saturated heterocycles. The number of hydrogen-bond donors (Lipinski definition) is 1. The van der Waals surface area contributed by atoms with Gasteiger partial charge in [-0.2, -0.15) is 0 Å². The highest BCUT2D eigenvalue weighted by Gasteiger charge is 2.26. The Morgan fingerprint density at radius 2 is 1.54 bits per heavy atom. The minimum absolute atomic E-state index is 0.0374. The van der Waals surface area contributed by atoms with Gasteiger partial charge < -0.3 is 20.0 Å². The average molecular weight is 509 g/mol. The van der Waals surface area contributed by atoms with Crippen LogP contribution in [0.25, 0.3) is 0 Å². The minimum Gasteiger partial charge on any atom is -0.369 e. The molecular formula is C29H37FN4O3. The topological polar surface area (TPSA) is 73.0 Å². The van der Waals surface area contributed by atoms with Crippen LogP contribution in [-0.2, 0) is 4.79 Å². The zero-order valence-corrected chi connectivity index (χ0v) is 21.8. The third-order valence-electron chi connectivity index (χ3n) is 7.01. The normalized spacial score (nSPS) is 16.5. The molecule has 0 bridgehead atoms. The monoisotopic (exact) mass is 508 g/mol. The number of carbonyl (C=O) groups excluding carboxylic acids is 3. The lowest BCUT2D eigenvalue weighted by molar-refractivity contribution is -0.131. The fourth-order valence-corrected chi connectivity index (χ4v) is 5.02. The number of benzene rings is 2. The number of carbonyl (C=O) groups is 3. The molecule has 2 aliphatic rings. The first-order valence-electron chi connectivity index (χ1n) is 13.3. The second-order valence-corrected chi connectivity index (χ2v) is 10.4. The van der Waals surface area contributed by atoms with Gasteiger partial charge in [0, 0.05) is 62.6 Å². The molecule has 2 aliphatic heterocycles. The number of nitrogens with zero attached hydrogens (tertiary/aromatic N) is 3. The van der Waals surface area contributed by atoms with E-state index in [1.807, 2.05) is 15.9 Å². The molecule has 1 N–H and O–H groups in total. The highest BCUT2D eigenvalue weighted by molar-refractivity contribution is 6.06. The van der Waals surface area contributed by atoms with Gasteiger partial charge in [0.15, 0.2) is 0 Å². The van der Waals surface area contributed by atoms with Crippen molar-refractivity contribution in [1.82, 2.24) is 9.80 Å². The molecule has 0 aromatic heterocycles. The third kappa shape index (κ3) is 6.87. The van der Waals surface area contributed by atoms with Crippen LogP contribution in [0.3, 0.4) is 0 Å². The Morgan fingerprint density at radius 1 is 0.838 bits per heavy atom. The van der Waals surface area contributed by atoms with E-state index in [0.717, 1.165) is 51.0 Å². The van der Waals surface area contributed by atoms with Crippen LogP contribution < -0.4 is 10.2 Å². The van der Waals surface area contributed by atoms with E-state index in [1.54, 1.807) is 12.1 Å². The van der Waals surface area contributed by atoms with Gasteiger partial charge in [-0.1, -0.05) is 13.8 Å². The zero-order chi connectivity index (χ0) is 26.4. The summed E-state index contributed by atoms with van der Waals surface area (Å²) in [6, 6.07) is 10.8. The van der Waals surface area contributed by atoms with Gasteiger partial charge in [-0.15, -0.1) is 0 Å². The number of nitrogens with one attached hydrogen (secondary N) is 1. The molecule has 2 fully saturated rings. The van der Waals surface area contributed by atoms with Crippen LogP contribution in [0.15, 0.2) is 42.5 Å². The van der Waals surface area contributed by atoms with Crippen LogP contribution in [0.4, 0.5) is 15.8 Å². The van der Waals surface area contributed by atoms with Crippen LogP contribution in [-0.4, -0.2) is 66.8 Å². The molecule has 0 aliphatic carbocycles. The van der Waals surface area contributed by atoms with E-state index in [2.05, 4.69) is 24.1 Å². The lowest BCUT2D eigenvalue weighted by Crippen LogP contribution is -2.38. The molecule has 0 radical (unpaired) electrons. The van der Waals surface area contributed by atoms with E-state index in [-0.39, 0.29) is 17.7 Å². The summed E-state index contributed by atoms with van der Waals surface area (Å²) in [7, 11) is 0. The number of rotatable bonds is 6. The lowest BCUT2D eigenvalue weighted by Gasteiger charge is -2.30. The highest BCUT2D eigenvalue weighted by atomic mass is 19.1. The Morgan fingerprint density at radius 3 is 2.24 bits per heavy atom. The maximum Gasteiger partial charge on any atom is 0.256 e. The summed E-state index contributed by atoms with van der Waals surface area (Å²) in [5.74, 6) is -0.307. The van der Waals surface area contributed by atoms with Crippen molar-refractivity contribution in [2.24, 2.45) is 5.92 Å². The van der Waals surface area contributed by atoms with Crippen molar-refractivity contribution in [3.8, 4) is 0 Å². The highest BCUT2D eigenvalue weighted by Crippen LogP contribution is 2.28. The van der Waals surface area contributed by atoms with Crippen LogP contribution in [0, 0.1) is 11.7 Å². The predicted octanol–water partition coefficient (Wildman–Crippen LogP) is 4.79. The Bertz CT molecular complexity index is 1110. The van der Waals surface area contributed by atoms with Gasteiger partial charge >= 0.3 is 0 Å². The van der Waals surface area contributed by atoms with Crippen LogP contribution in [0.5, 0.6) is 0 Å². The summed E-state index contributed by atoms with van der Waals surface area (Å²) in [4.78, 5) is 45.1. The summed E-state index contributed by atoms with van der Waals surface area (Å²) in [5.41, 5.74) is 2.24. The number of anilines is 2. The summed E-state index contributed by atoms with van der Waals surface area (Å²) < 4.78 is 13.3. The number of halogens is 1. The summed E-state index contributed by atoms with van der Waals surface area (Å²) in [6.45, 7) is 8.27. The molecule has 0 atom stereocenters. The van der Waals surface area contributed by atoms with Crippen molar-refractivity contribution in [3.05, 3.63) is 59.4 Å². The smallest absolute Gasteiger partial charge is 0.256 e. The SMILES string of the molecule is CC(C)CC(=O)N1CCCN(c2ccc(NC(=O)c3ccc(F)cc3)cc2C(=O)N2CCCCC2)CC1. The van der Waals surface area contributed by atoms with E-state index in [4.69, 9.17) is 0 Å². The first-order valence-corrected chi connectivity index (χ1v) is 13.3. The van der Waals surface area contributed by atoms with Crippen molar-refractivity contribution in [3.63, 3.8) is 0 Å². The van der Waals surface area contributed by atoms with Crippen molar-refractivity contribution in [1.29, 1.82) is 0 Å². The van der Waals surface area contributed by atoms with Gasteiger partial charge in [0.1, 0.15) is 5.82 Å². The van der Waals surface area contributed by atoms with Crippen molar-refractivity contribution < 1.29 is 18.8 Å². The lowest BCUT2D eigenvalue weighted by atomic mass is 10.1. The minimum atomic E-state index is -0.405. The molecule has 2 heterocycles. The molecule has 0 unspecified atom stereocenters. The van der Waals surface area contributed by atoms with Gasteiger partial charge in [-0.25, -0.2) is 4.39 Å². The third-order valence-corrected chi connectivity index (χ3v) is 7.01. The molecular weight excluding hydrogens is 471 g/mol. The number of amides is 3. The summed E-state index contributed by atoms with van der Waals surface area (Å²) >= 11 is 0.